The van der Waals surface area contributed by atoms with Gasteiger partial charge in [-0.2, -0.15) is 0 Å². The number of pyridine rings is 1. The number of carbonyl (C=O) groups is 1. The molecule has 1 aromatic carbocycles. The van der Waals surface area contributed by atoms with Crippen LogP contribution < -0.4 is 5.32 Å². The summed E-state index contributed by atoms with van der Waals surface area (Å²) < 4.78 is 1.13. The number of hydrogen-bond donors (Lipinski definition) is 1. The van der Waals surface area contributed by atoms with E-state index in [2.05, 4.69) is 128 Å². The van der Waals surface area contributed by atoms with Crippen molar-refractivity contribution in [3.8, 4) is 0 Å². The number of fused-ring (bicyclic) bond motifs is 3. The van der Waals surface area contributed by atoms with E-state index in [1.54, 1.807) is 11.3 Å². The van der Waals surface area contributed by atoms with Crippen LogP contribution >= 0.6 is 11.3 Å². The lowest BCUT2D eigenvalue weighted by Gasteiger charge is -2.26. The van der Waals surface area contributed by atoms with E-state index in [-0.39, 0.29) is 5.91 Å². The highest BCUT2D eigenvalue weighted by Crippen LogP contribution is 2.34. The number of rotatable bonds is 58. The molecular formula is C76H127N5OS. The minimum absolute atomic E-state index is 0.0528. The first-order valence-corrected chi connectivity index (χ1v) is 36.2. The highest BCUT2D eigenvalue weighted by molar-refractivity contribution is 7.19. The Labute approximate surface area is 516 Å². The average Bonchev–Trinajstić information content (AvgIpc) is 3.00. The maximum absolute atomic E-state index is 13.5. The summed E-state index contributed by atoms with van der Waals surface area (Å²) in [5.74, 6) is 0.671. The summed E-state index contributed by atoms with van der Waals surface area (Å²) in [4.78, 5) is 29.0. The molecule has 7 heteroatoms. The van der Waals surface area contributed by atoms with Crippen molar-refractivity contribution in [1.29, 1.82) is 0 Å². The monoisotopic (exact) mass is 1160 g/mol. The van der Waals surface area contributed by atoms with E-state index in [4.69, 9.17) is 9.97 Å². The topological polar surface area (TPSA) is 61.4 Å². The number of hydrogen-bond acceptors (Lipinski definition) is 6. The fourth-order valence-corrected chi connectivity index (χ4v) is 12.4. The van der Waals surface area contributed by atoms with Crippen molar-refractivity contribution < 1.29 is 4.79 Å². The molecule has 0 atom stereocenters. The molecule has 2 heterocycles. The van der Waals surface area contributed by atoms with Gasteiger partial charge in [0, 0.05) is 11.8 Å². The predicted molar refractivity (Wildman–Crippen MR) is 372 cm³/mol. The number of allylic oxidation sites excluding steroid dienone is 12. The number of thiazole rings is 1. The van der Waals surface area contributed by atoms with Gasteiger partial charge in [-0.25, -0.2) is 9.97 Å². The number of anilines is 1. The zero-order valence-corrected chi connectivity index (χ0v) is 55.3. The molecule has 0 saturated carbocycles. The molecule has 0 bridgehead atoms. The Morgan fingerprint density at radius 3 is 1.18 bits per heavy atom. The largest absolute Gasteiger partial charge is 0.309 e. The molecule has 0 aliphatic heterocycles. The van der Waals surface area contributed by atoms with Gasteiger partial charge in [-0.05, 0) is 193 Å². The molecule has 0 fully saturated rings. The van der Waals surface area contributed by atoms with Gasteiger partial charge in [0.2, 0.25) is 5.91 Å². The third kappa shape index (κ3) is 40.4. The van der Waals surface area contributed by atoms with Crippen LogP contribution in [0.25, 0.3) is 21.1 Å². The van der Waals surface area contributed by atoms with Crippen molar-refractivity contribution >= 4 is 44.2 Å². The van der Waals surface area contributed by atoms with E-state index in [1.807, 2.05) is 12.1 Å². The van der Waals surface area contributed by atoms with Gasteiger partial charge in [0.05, 0.1) is 15.2 Å². The maximum atomic E-state index is 13.5. The SMILES string of the molecule is CCCCC/C=C\C/C=C\CCCCCCCCN(CCCCCCCC/C=C\C/C=C\CCCCC)CCCN(CCCCCCCC/C=C\C/C=C\CCCCC)CCCCCC(=O)Nc1nc2ccccc2c2sc(CCC)nc12. The van der Waals surface area contributed by atoms with E-state index in [1.165, 1.54) is 251 Å². The lowest BCUT2D eigenvalue weighted by Crippen LogP contribution is -2.32. The molecule has 468 valence electrons. The number of benzene rings is 1. The van der Waals surface area contributed by atoms with Gasteiger partial charge >= 0.3 is 0 Å². The smallest absolute Gasteiger partial charge is 0.225 e. The highest BCUT2D eigenvalue weighted by Gasteiger charge is 2.16. The Bertz CT molecular complexity index is 2100. The van der Waals surface area contributed by atoms with Crippen molar-refractivity contribution in [2.24, 2.45) is 0 Å². The second-order valence-corrected chi connectivity index (χ2v) is 25.2. The van der Waals surface area contributed by atoms with Crippen molar-refractivity contribution in [2.45, 2.75) is 304 Å². The minimum atomic E-state index is 0.0528. The maximum Gasteiger partial charge on any atom is 0.225 e. The first-order valence-electron chi connectivity index (χ1n) is 35.4. The Morgan fingerprint density at radius 2 is 0.771 bits per heavy atom. The van der Waals surface area contributed by atoms with Gasteiger partial charge in [0.15, 0.2) is 5.82 Å². The fraction of sp³-hybridized carbons (Fsp3) is 0.697. The summed E-state index contributed by atoms with van der Waals surface area (Å²) in [5.41, 5.74) is 1.76. The minimum Gasteiger partial charge on any atom is -0.309 e. The molecule has 83 heavy (non-hydrogen) atoms. The van der Waals surface area contributed by atoms with E-state index >= 15 is 0 Å². The molecule has 0 aliphatic rings. The molecule has 1 N–H and O–H groups in total. The average molecular weight is 1160 g/mol. The van der Waals surface area contributed by atoms with Gasteiger partial charge in [0.1, 0.15) is 5.52 Å². The summed E-state index contributed by atoms with van der Waals surface area (Å²) in [6, 6.07) is 8.26. The normalized spacial score (nSPS) is 12.5. The number of para-hydroxylation sites is 1. The van der Waals surface area contributed by atoms with Crippen molar-refractivity contribution in [1.82, 2.24) is 19.8 Å². The van der Waals surface area contributed by atoms with Crippen LogP contribution in [0, 0.1) is 0 Å². The lowest BCUT2D eigenvalue weighted by molar-refractivity contribution is -0.116. The van der Waals surface area contributed by atoms with Gasteiger partial charge in [-0.3, -0.25) is 4.79 Å². The van der Waals surface area contributed by atoms with Gasteiger partial charge in [-0.15, -0.1) is 11.3 Å². The van der Waals surface area contributed by atoms with Crippen LogP contribution in [0.1, 0.15) is 302 Å². The molecule has 3 rings (SSSR count). The van der Waals surface area contributed by atoms with Gasteiger partial charge in [-0.1, -0.05) is 241 Å². The van der Waals surface area contributed by atoms with Crippen LogP contribution in [0.4, 0.5) is 5.82 Å². The first kappa shape index (κ1) is 73.6. The number of carbonyl (C=O) groups excluding carboxylic acids is 1. The lowest BCUT2D eigenvalue weighted by atomic mass is 10.1. The zero-order chi connectivity index (χ0) is 59.0. The molecule has 0 spiro atoms. The molecule has 0 saturated heterocycles. The zero-order valence-electron chi connectivity index (χ0n) is 54.5. The van der Waals surface area contributed by atoms with E-state index in [9.17, 15) is 4.79 Å². The van der Waals surface area contributed by atoms with Crippen LogP contribution in [-0.2, 0) is 11.2 Å². The molecule has 0 unspecified atom stereocenters. The summed E-state index contributed by atoms with van der Waals surface area (Å²) in [6.45, 7) is 16.3. The van der Waals surface area contributed by atoms with Crippen LogP contribution in [0.2, 0.25) is 0 Å². The number of unbranched alkanes of at least 4 members (excludes halogenated alkanes) is 29. The molecular weight excluding hydrogens is 1030 g/mol. The summed E-state index contributed by atoms with van der Waals surface area (Å²) in [7, 11) is 0. The van der Waals surface area contributed by atoms with Crippen molar-refractivity contribution in [2.75, 3.05) is 44.6 Å². The van der Waals surface area contributed by atoms with Crippen molar-refractivity contribution in [3.63, 3.8) is 0 Å². The second kappa shape index (κ2) is 55.0. The summed E-state index contributed by atoms with van der Waals surface area (Å²) in [5, 5.41) is 5.43. The number of aromatic nitrogens is 2. The number of nitrogens with zero attached hydrogens (tertiary/aromatic N) is 4. The van der Waals surface area contributed by atoms with E-state index < -0.39 is 0 Å². The summed E-state index contributed by atoms with van der Waals surface area (Å²) in [6.07, 6.45) is 82.3. The van der Waals surface area contributed by atoms with Crippen LogP contribution in [-0.4, -0.2) is 64.9 Å². The third-order valence-electron chi connectivity index (χ3n) is 16.4. The van der Waals surface area contributed by atoms with Crippen LogP contribution in [0.3, 0.4) is 0 Å². The van der Waals surface area contributed by atoms with Gasteiger partial charge in [0.25, 0.3) is 0 Å². The van der Waals surface area contributed by atoms with E-state index in [0.717, 1.165) is 84.0 Å². The Balaban J connectivity index is 1.48. The Kier molecular flexibility index (Phi) is 48.7. The standard InChI is InChI=1S/C76H127N5OS/c1-5-9-12-15-18-21-24-27-30-33-36-39-42-45-48-55-64-80(65-56-49-46-43-40-37-34-31-28-25-22-19-16-13-10-6-2)68-59-69-81(66-57-50-47-44-41-38-35-32-29-26-23-20-17-14-11-7-3)67-58-51-52-63-72(82)78-76-74-75(83-73(79-74)60-8-4)70-61-53-54-62-71(70)77-76/h18-23,27-32,53-54,61-62H,5-17,24-26,33-52,55-60,63-69H2,1-4H3,(H,77,78,82)/b21-18-,22-19-,23-20-,30-27-,31-28-,32-29-. The Morgan fingerprint density at radius 1 is 0.410 bits per heavy atom. The third-order valence-corrected chi connectivity index (χ3v) is 17.5. The second-order valence-electron chi connectivity index (χ2n) is 24.2. The summed E-state index contributed by atoms with van der Waals surface area (Å²) >= 11 is 1.75. The number of aryl methyl sites for hydroxylation is 1. The first-order chi connectivity index (χ1) is 41.1. The van der Waals surface area contributed by atoms with Crippen LogP contribution in [0.5, 0.6) is 0 Å². The number of nitrogens with one attached hydrogen (secondary N) is 1. The molecule has 6 nitrogen and oxygen atoms in total. The fourth-order valence-electron chi connectivity index (χ4n) is 11.2. The molecule has 0 radical (unpaired) electrons. The van der Waals surface area contributed by atoms with Gasteiger partial charge < -0.3 is 15.1 Å². The van der Waals surface area contributed by atoms with E-state index in [0.29, 0.717) is 12.2 Å². The number of amides is 1. The molecule has 1 amide bonds. The Hall–Kier alpha value is -3.65. The van der Waals surface area contributed by atoms with Crippen LogP contribution in [0.15, 0.2) is 97.2 Å². The van der Waals surface area contributed by atoms with Crippen molar-refractivity contribution in [3.05, 3.63) is 102 Å². The quantitative estimate of drug-likeness (QED) is 0.0451. The highest BCUT2D eigenvalue weighted by atomic mass is 32.1. The molecule has 0 aliphatic carbocycles. The molecule has 2 aromatic heterocycles. The predicted octanol–water partition coefficient (Wildman–Crippen LogP) is 23.7. The molecule has 3 aromatic rings.